The molecule has 6 nitrogen and oxygen atoms in total. The van der Waals surface area contributed by atoms with E-state index in [1.54, 1.807) is 0 Å². The van der Waals surface area contributed by atoms with Crippen LogP contribution in [0.25, 0.3) is 22.0 Å². The number of aromatic nitrogens is 2. The van der Waals surface area contributed by atoms with Gasteiger partial charge in [-0.25, -0.2) is 4.98 Å². The molecule has 178 valence electrons. The second-order valence-electron chi connectivity index (χ2n) is 9.36. The van der Waals surface area contributed by atoms with Crippen LogP contribution < -0.4 is 15.5 Å². The number of nitrogens with one attached hydrogen (secondary N) is 2. The SMILES string of the molecule is CN(C)c1nc(NC2CCC(NC(=O)c3ccccc3-c3ccccc3)CC2)nc2ccccc12. The highest BCUT2D eigenvalue weighted by molar-refractivity contribution is 6.01. The third-order valence-electron chi connectivity index (χ3n) is 6.66. The summed E-state index contributed by atoms with van der Waals surface area (Å²) in [7, 11) is 4.00. The molecule has 1 amide bonds. The zero-order valence-electron chi connectivity index (χ0n) is 20.2. The number of hydrogen-bond acceptors (Lipinski definition) is 5. The third-order valence-corrected chi connectivity index (χ3v) is 6.66. The third kappa shape index (κ3) is 5.11. The van der Waals surface area contributed by atoms with E-state index in [1.165, 1.54) is 0 Å². The quantitative estimate of drug-likeness (QED) is 0.393. The van der Waals surface area contributed by atoms with Gasteiger partial charge in [-0.05, 0) is 55.0 Å². The molecule has 6 heteroatoms. The van der Waals surface area contributed by atoms with Gasteiger partial charge in [0.1, 0.15) is 5.82 Å². The number of carbonyl (C=O) groups excluding carboxylic acids is 1. The topological polar surface area (TPSA) is 70.2 Å². The second kappa shape index (κ2) is 10.1. The van der Waals surface area contributed by atoms with Crippen LogP contribution in [0.1, 0.15) is 36.0 Å². The van der Waals surface area contributed by atoms with Gasteiger partial charge in [-0.3, -0.25) is 4.79 Å². The fraction of sp³-hybridized carbons (Fsp3) is 0.276. The molecular formula is C29H31N5O. The summed E-state index contributed by atoms with van der Waals surface area (Å²) in [5.41, 5.74) is 3.68. The fourth-order valence-electron chi connectivity index (χ4n) is 4.84. The Bertz CT molecular complexity index is 1310. The molecule has 1 aromatic heterocycles. The van der Waals surface area contributed by atoms with Crippen LogP contribution in [-0.4, -0.2) is 42.1 Å². The molecule has 35 heavy (non-hydrogen) atoms. The molecule has 0 aliphatic heterocycles. The summed E-state index contributed by atoms with van der Waals surface area (Å²) >= 11 is 0. The van der Waals surface area contributed by atoms with Gasteiger partial charge in [-0.2, -0.15) is 4.98 Å². The number of hydrogen-bond donors (Lipinski definition) is 2. The van der Waals surface area contributed by atoms with E-state index in [4.69, 9.17) is 9.97 Å². The predicted molar refractivity (Wildman–Crippen MR) is 143 cm³/mol. The average molecular weight is 466 g/mol. The van der Waals surface area contributed by atoms with Crippen LogP contribution in [0, 0.1) is 0 Å². The number of carbonyl (C=O) groups is 1. The Hall–Kier alpha value is -3.93. The lowest BCUT2D eigenvalue weighted by Crippen LogP contribution is -2.40. The van der Waals surface area contributed by atoms with Crippen LogP contribution in [0.4, 0.5) is 11.8 Å². The van der Waals surface area contributed by atoms with Gasteiger partial charge in [-0.15, -0.1) is 0 Å². The summed E-state index contributed by atoms with van der Waals surface area (Å²) in [4.78, 5) is 24.7. The number of amides is 1. The van der Waals surface area contributed by atoms with E-state index in [9.17, 15) is 4.79 Å². The first kappa shape index (κ1) is 22.8. The van der Waals surface area contributed by atoms with E-state index in [2.05, 4.69) is 16.7 Å². The zero-order chi connectivity index (χ0) is 24.2. The largest absolute Gasteiger partial charge is 0.362 e. The normalized spacial score (nSPS) is 17.7. The number of benzene rings is 3. The van der Waals surface area contributed by atoms with Crippen molar-refractivity contribution in [1.29, 1.82) is 0 Å². The van der Waals surface area contributed by atoms with Crippen molar-refractivity contribution in [2.24, 2.45) is 0 Å². The van der Waals surface area contributed by atoms with Gasteiger partial charge >= 0.3 is 0 Å². The highest BCUT2D eigenvalue weighted by Crippen LogP contribution is 2.27. The molecule has 0 unspecified atom stereocenters. The molecule has 1 heterocycles. The predicted octanol–water partition coefficient (Wildman–Crippen LogP) is 5.52. The molecule has 2 N–H and O–H groups in total. The van der Waals surface area contributed by atoms with Crippen LogP contribution in [0.2, 0.25) is 0 Å². The molecular weight excluding hydrogens is 434 g/mol. The van der Waals surface area contributed by atoms with Crippen LogP contribution in [0.5, 0.6) is 0 Å². The summed E-state index contributed by atoms with van der Waals surface area (Å²) in [6.45, 7) is 0. The first-order chi connectivity index (χ1) is 17.1. The summed E-state index contributed by atoms with van der Waals surface area (Å²) in [5.74, 6) is 1.57. The minimum Gasteiger partial charge on any atom is -0.362 e. The Kier molecular flexibility index (Phi) is 6.62. The molecule has 1 aliphatic carbocycles. The van der Waals surface area contributed by atoms with Gasteiger partial charge in [0.15, 0.2) is 0 Å². The average Bonchev–Trinajstić information content (AvgIpc) is 2.90. The number of para-hydroxylation sites is 1. The lowest BCUT2D eigenvalue weighted by molar-refractivity contribution is 0.0927. The molecule has 0 saturated heterocycles. The number of rotatable bonds is 6. The van der Waals surface area contributed by atoms with Gasteiger partial charge in [-0.1, -0.05) is 60.7 Å². The van der Waals surface area contributed by atoms with Gasteiger partial charge in [0, 0.05) is 37.1 Å². The molecule has 3 aromatic carbocycles. The van der Waals surface area contributed by atoms with E-state index in [0.29, 0.717) is 5.95 Å². The van der Waals surface area contributed by atoms with E-state index in [1.807, 2.05) is 91.8 Å². The Morgan fingerprint density at radius 1 is 0.800 bits per heavy atom. The van der Waals surface area contributed by atoms with Crippen LogP contribution in [-0.2, 0) is 0 Å². The lowest BCUT2D eigenvalue weighted by Gasteiger charge is -2.30. The minimum atomic E-state index is -0.00523. The first-order valence-corrected chi connectivity index (χ1v) is 12.2. The van der Waals surface area contributed by atoms with E-state index in [-0.39, 0.29) is 18.0 Å². The van der Waals surface area contributed by atoms with Crippen molar-refractivity contribution in [3.05, 3.63) is 84.4 Å². The fourth-order valence-corrected chi connectivity index (χ4v) is 4.84. The Morgan fingerprint density at radius 2 is 1.46 bits per heavy atom. The molecule has 5 rings (SSSR count). The summed E-state index contributed by atoms with van der Waals surface area (Å²) < 4.78 is 0. The van der Waals surface area contributed by atoms with Crippen LogP contribution in [0.3, 0.4) is 0 Å². The Balaban J connectivity index is 1.22. The van der Waals surface area contributed by atoms with E-state index < -0.39 is 0 Å². The number of fused-ring (bicyclic) bond motifs is 1. The molecule has 0 atom stereocenters. The standard InChI is InChI=1S/C29H31N5O/c1-34(2)27-25-14-8-9-15-26(25)32-29(33-27)31-22-18-16-21(17-19-22)30-28(35)24-13-7-6-12-23(24)20-10-4-3-5-11-20/h3-15,21-22H,16-19H2,1-2H3,(H,30,35)(H,31,32,33). The van der Waals surface area contributed by atoms with Gasteiger partial charge in [0.05, 0.1) is 5.52 Å². The van der Waals surface area contributed by atoms with Crippen LogP contribution in [0.15, 0.2) is 78.9 Å². The molecule has 1 saturated carbocycles. The molecule has 0 radical (unpaired) electrons. The first-order valence-electron chi connectivity index (χ1n) is 12.2. The van der Waals surface area contributed by atoms with E-state index in [0.717, 1.165) is 59.1 Å². The highest BCUT2D eigenvalue weighted by atomic mass is 16.1. The Labute approximate surface area is 206 Å². The molecule has 0 bridgehead atoms. The van der Waals surface area contributed by atoms with Crippen LogP contribution >= 0.6 is 0 Å². The summed E-state index contributed by atoms with van der Waals surface area (Å²) in [5, 5.41) is 7.86. The summed E-state index contributed by atoms with van der Waals surface area (Å²) in [6.07, 6.45) is 3.76. The van der Waals surface area contributed by atoms with Crippen molar-refractivity contribution in [3.8, 4) is 11.1 Å². The molecule has 1 fully saturated rings. The number of nitrogens with zero attached hydrogens (tertiary/aromatic N) is 3. The maximum atomic E-state index is 13.2. The van der Waals surface area contributed by atoms with Crippen molar-refractivity contribution in [2.45, 2.75) is 37.8 Å². The van der Waals surface area contributed by atoms with E-state index >= 15 is 0 Å². The van der Waals surface area contributed by atoms with Crippen molar-refractivity contribution >= 4 is 28.6 Å². The van der Waals surface area contributed by atoms with Crippen molar-refractivity contribution < 1.29 is 4.79 Å². The van der Waals surface area contributed by atoms with Gasteiger partial charge in [0.2, 0.25) is 5.95 Å². The van der Waals surface area contributed by atoms with Gasteiger partial charge in [0.25, 0.3) is 5.91 Å². The zero-order valence-corrected chi connectivity index (χ0v) is 20.2. The smallest absolute Gasteiger partial charge is 0.252 e. The number of anilines is 2. The maximum absolute atomic E-state index is 13.2. The summed E-state index contributed by atoms with van der Waals surface area (Å²) in [6, 6.07) is 26.4. The molecule has 0 spiro atoms. The minimum absolute atomic E-state index is 0.00523. The maximum Gasteiger partial charge on any atom is 0.252 e. The monoisotopic (exact) mass is 465 g/mol. The van der Waals surface area contributed by atoms with Crippen molar-refractivity contribution in [2.75, 3.05) is 24.3 Å². The second-order valence-corrected chi connectivity index (χ2v) is 9.36. The van der Waals surface area contributed by atoms with Crippen molar-refractivity contribution in [1.82, 2.24) is 15.3 Å². The highest BCUT2D eigenvalue weighted by Gasteiger charge is 2.24. The molecule has 4 aromatic rings. The van der Waals surface area contributed by atoms with Gasteiger partial charge < -0.3 is 15.5 Å². The lowest BCUT2D eigenvalue weighted by atomic mass is 9.90. The molecule has 1 aliphatic rings. The Morgan fingerprint density at radius 3 is 2.23 bits per heavy atom. The van der Waals surface area contributed by atoms with Crippen molar-refractivity contribution in [3.63, 3.8) is 0 Å².